The molecule has 0 saturated carbocycles. The van der Waals surface area contributed by atoms with Crippen LogP contribution in [0.25, 0.3) is 11.0 Å². The first-order chi connectivity index (χ1) is 7.13. The first-order valence-electron chi connectivity index (χ1n) is 5.17. The van der Waals surface area contributed by atoms with Crippen LogP contribution in [0.1, 0.15) is 17.0 Å². The number of fused-ring (bicyclic) bond motifs is 1. The van der Waals surface area contributed by atoms with Crippen molar-refractivity contribution in [3.05, 3.63) is 29.1 Å². The van der Waals surface area contributed by atoms with Crippen LogP contribution in [0, 0.1) is 13.8 Å². The number of imidazole rings is 1. The number of aryl methyl sites for hydroxylation is 3. The maximum absolute atomic E-state index is 8.93. The highest BCUT2D eigenvalue weighted by Crippen LogP contribution is 2.19. The van der Waals surface area contributed by atoms with Gasteiger partial charge >= 0.3 is 0 Å². The van der Waals surface area contributed by atoms with E-state index in [1.165, 1.54) is 11.1 Å². The lowest BCUT2D eigenvalue weighted by Crippen LogP contribution is -2.00. The summed E-state index contributed by atoms with van der Waals surface area (Å²) in [7, 11) is 2.00. The van der Waals surface area contributed by atoms with Crippen LogP contribution in [-0.2, 0) is 13.5 Å². The molecule has 1 aromatic heterocycles. The standard InChI is InChI=1S/C12H16N2O/c1-8-6-10-11(7-9(8)2)14(3)12(13-10)4-5-15/h6-7,15H,4-5H2,1-3H3. The van der Waals surface area contributed by atoms with Crippen molar-refractivity contribution in [3.8, 4) is 0 Å². The Bertz CT molecular complexity index is 500. The van der Waals surface area contributed by atoms with E-state index in [2.05, 4.69) is 35.5 Å². The van der Waals surface area contributed by atoms with Gasteiger partial charge in [0.05, 0.1) is 17.6 Å². The zero-order valence-electron chi connectivity index (χ0n) is 9.41. The fourth-order valence-electron chi connectivity index (χ4n) is 1.82. The Kier molecular flexibility index (Phi) is 2.49. The molecule has 1 heterocycles. The number of nitrogens with zero attached hydrogens (tertiary/aromatic N) is 2. The Morgan fingerprint density at radius 1 is 1.27 bits per heavy atom. The normalized spacial score (nSPS) is 11.2. The summed E-state index contributed by atoms with van der Waals surface area (Å²) in [5.74, 6) is 0.942. The van der Waals surface area contributed by atoms with Crippen LogP contribution in [0.2, 0.25) is 0 Å². The third kappa shape index (κ3) is 1.63. The van der Waals surface area contributed by atoms with Crippen LogP contribution < -0.4 is 0 Å². The summed E-state index contributed by atoms with van der Waals surface area (Å²) in [6.07, 6.45) is 0.614. The topological polar surface area (TPSA) is 38.1 Å². The van der Waals surface area contributed by atoms with Crippen molar-refractivity contribution in [2.45, 2.75) is 20.3 Å². The molecule has 0 aliphatic heterocycles. The minimum absolute atomic E-state index is 0.148. The van der Waals surface area contributed by atoms with E-state index in [4.69, 9.17) is 5.11 Å². The van der Waals surface area contributed by atoms with Gasteiger partial charge in [-0.1, -0.05) is 0 Å². The van der Waals surface area contributed by atoms with Crippen LogP contribution in [0.3, 0.4) is 0 Å². The van der Waals surface area contributed by atoms with Crippen molar-refractivity contribution in [2.75, 3.05) is 6.61 Å². The molecule has 0 atom stereocenters. The molecule has 3 heteroatoms. The van der Waals surface area contributed by atoms with Gasteiger partial charge in [-0.25, -0.2) is 4.98 Å². The number of aromatic nitrogens is 2. The highest BCUT2D eigenvalue weighted by molar-refractivity contribution is 5.78. The molecule has 0 saturated heterocycles. The van der Waals surface area contributed by atoms with Gasteiger partial charge in [-0.15, -0.1) is 0 Å². The summed E-state index contributed by atoms with van der Waals surface area (Å²) >= 11 is 0. The average molecular weight is 204 g/mol. The summed E-state index contributed by atoms with van der Waals surface area (Å²) < 4.78 is 2.05. The number of rotatable bonds is 2. The van der Waals surface area contributed by atoms with Crippen molar-refractivity contribution in [3.63, 3.8) is 0 Å². The van der Waals surface area contributed by atoms with Crippen molar-refractivity contribution >= 4 is 11.0 Å². The van der Waals surface area contributed by atoms with Gasteiger partial charge in [-0.3, -0.25) is 0 Å². The molecular formula is C12H16N2O. The number of aliphatic hydroxyl groups excluding tert-OH is 1. The lowest BCUT2D eigenvalue weighted by Gasteiger charge is -2.02. The van der Waals surface area contributed by atoms with E-state index < -0.39 is 0 Å². The summed E-state index contributed by atoms with van der Waals surface area (Å²) in [6, 6.07) is 4.25. The largest absolute Gasteiger partial charge is 0.396 e. The van der Waals surface area contributed by atoms with E-state index >= 15 is 0 Å². The second kappa shape index (κ2) is 3.66. The maximum atomic E-state index is 8.93. The molecule has 0 amide bonds. The molecule has 0 unspecified atom stereocenters. The average Bonchev–Trinajstić information content (AvgIpc) is 2.47. The van der Waals surface area contributed by atoms with Crippen molar-refractivity contribution in [1.29, 1.82) is 0 Å². The lowest BCUT2D eigenvalue weighted by molar-refractivity contribution is 0.295. The molecule has 1 N–H and O–H groups in total. The molecule has 15 heavy (non-hydrogen) atoms. The Morgan fingerprint density at radius 3 is 2.60 bits per heavy atom. The van der Waals surface area contributed by atoms with Gasteiger partial charge in [-0.2, -0.15) is 0 Å². The molecule has 0 bridgehead atoms. The van der Waals surface area contributed by atoms with E-state index in [9.17, 15) is 0 Å². The third-order valence-corrected chi connectivity index (χ3v) is 2.92. The van der Waals surface area contributed by atoms with E-state index in [1.807, 2.05) is 7.05 Å². The molecule has 0 spiro atoms. The number of hydrogen-bond donors (Lipinski definition) is 1. The monoisotopic (exact) mass is 204 g/mol. The molecule has 2 rings (SSSR count). The van der Waals surface area contributed by atoms with Crippen LogP contribution in [-0.4, -0.2) is 21.3 Å². The first-order valence-corrected chi connectivity index (χ1v) is 5.17. The Labute approximate surface area is 89.4 Å². The maximum Gasteiger partial charge on any atom is 0.111 e. The minimum atomic E-state index is 0.148. The molecule has 0 aliphatic carbocycles. The predicted molar refractivity (Wildman–Crippen MR) is 61.0 cm³/mol. The molecule has 2 aromatic rings. The fourth-order valence-corrected chi connectivity index (χ4v) is 1.82. The first kappa shape index (κ1) is 10.2. The van der Waals surface area contributed by atoms with Gasteiger partial charge in [-0.05, 0) is 37.1 Å². The van der Waals surface area contributed by atoms with Gasteiger partial charge in [0.15, 0.2) is 0 Å². The predicted octanol–water partition coefficient (Wildman–Crippen LogP) is 1.72. The van der Waals surface area contributed by atoms with Crippen molar-refractivity contribution in [1.82, 2.24) is 9.55 Å². The van der Waals surface area contributed by atoms with E-state index in [1.54, 1.807) is 0 Å². The number of hydrogen-bond acceptors (Lipinski definition) is 2. The van der Waals surface area contributed by atoms with E-state index in [0.29, 0.717) is 6.42 Å². The minimum Gasteiger partial charge on any atom is -0.396 e. The highest BCUT2D eigenvalue weighted by atomic mass is 16.3. The summed E-state index contributed by atoms with van der Waals surface area (Å²) in [5.41, 5.74) is 4.70. The van der Waals surface area contributed by atoms with Crippen LogP contribution >= 0.6 is 0 Å². The van der Waals surface area contributed by atoms with Gasteiger partial charge < -0.3 is 9.67 Å². The number of aliphatic hydroxyl groups is 1. The molecule has 80 valence electrons. The lowest BCUT2D eigenvalue weighted by atomic mass is 10.1. The molecule has 0 radical (unpaired) electrons. The second-order valence-electron chi connectivity index (χ2n) is 3.99. The zero-order chi connectivity index (χ0) is 11.0. The van der Waals surface area contributed by atoms with Gasteiger partial charge in [0.25, 0.3) is 0 Å². The SMILES string of the molecule is Cc1cc2nc(CCO)n(C)c2cc1C. The fraction of sp³-hybridized carbons (Fsp3) is 0.417. The second-order valence-corrected chi connectivity index (χ2v) is 3.99. The molecule has 1 aromatic carbocycles. The van der Waals surface area contributed by atoms with Gasteiger partial charge in [0, 0.05) is 13.5 Å². The zero-order valence-corrected chi connectivity index (χ0v) is 9.41. The van der Waals surface area contributed by atoms with Crippen LogP contribution in [0.4, 0.5) is 0 Å². The van der Waals surface area contributed by atoms with Gasteiger partial charge in [0.2, 0.25) is 0 Å². The summed E-state index contributed by atoms with van der Waals surface area (Å²) in [4.78, 5) is 4.51. The Morgan fingerprint density at radius 2 is 1.93 bits per heavy atom. The van der Waals surface area contributed by atoms with Crippen LogP contribution in [0.15, 0.2) is 12.1 Å². The van der Waals surface area contributed by atoms with Crippen molar-refractivity contribution < 1.29 is 5.11 Å². The Hall–Kier alpha value is -1.35. The highest BCUT2D eigenvalue weighted by Gasteiger charge is 2.08. The van der Waals surface area contributed by atoms with E-state index in [0.717, 1.165) is 16.9 Å². The van der Waals surface area contributed by atoms with Crippen LogP contribution in [0.5, 0.6) is 0 Å². The van der Waals surface area contributed by atoms with E-state index in [-0.39, 0.29) is 6.61 Å². The third-order valence-electron chi connectivity index (χ3n) is 2.92. The summed E-state index contributed by atoms with van der Waals surface area (Å²) in [6.45, 7) is 4.35. The molecular weight excluding hydrogens is 188 g/mol. The van der Waals surface area contributed by atoms with Crippen molar-refractivity contribution in [2.24, 2.45) is 7.05 Å². The van der Waals surface area contributed by atoms with Gasteiger partial charge in [0.1, 0.15) is 5.82 Å². The summed E-state index contributed by atoms with van der Waals surface area (Å²) in [5, 5.41) is 8.93. The molecule has 3 nitrogen and oxygen atoms in total. The quantitative estimate of drug-likeness (QED) is 0.809. The smallest absolute Gasteiger partial charge is 0.111 e. The Balaban J connectivity index is 2.66. The molecule has 0 fully saturated rings. The number of benzene rings is 1. The molecule has 0 aliphatic rings.